The fraction of sp³-hybridized carbons (Fsp3) is 0.167. The molecule has 0 fully saturated rings. The van der Waals surface area contributed by atoms with Gasteiger partial charge in [-0.05, 0) is 40.9 Å². The number of carbonyl (C=O) groups excluding carboxylic acids is 1. The summed E-state index contributed by atoms with van der Waals surface area (Å²) in [5, 5.41) is 16.0. The predicted octanol–water partition coefficient (Wildman–Crippen LogP) is 2.42. The van der Waals surface area contributed by atoms with Gasteiger partial charge in [0.15, 0.2) is 11.6 Å². The average Bonchev–Trinajstić information content (AvgIpc) is 2.82. The van der Waals surface area contributed by atoms with Crippen molar-refractivity contribution in [2.75, 3.05) is 5.32 Å². The smallest absolute Gasteiger partial charge is 0.225 e. The zero-order chi connectivity index (χ0) is 12.1. The monoisotopic (exact) mass is 248 g/mol. The lowest BCUT2D eigenvalue weighted by atomic mass is 10.2. The SMILES string of the molecule is O=C(CCc1ccsc1)Nc1ncccc1O. The first kappa shape index (κ1) is 11.6. The van der Waals surface area contributed by atoms with E-state index >= 15 is 0 Å². The minimum Gasteiger partial charge on any atom is -0.504 e. The van der Waals surface area contributed by atoms with Crippen molar-refractivity contribution >= 4 is 23.1 Å². The summed E-state index contributed by atoms with van der Waals surface area (Å²) in [5.41, 5.74) is 1.15. The normalized spacial score (nSPS) is 10.1. The molecule has 2 aromatic rings. The number of thiophene rings is 1. The highest BCUT2D eigenvalue weighted by Crippen LogP contribution is 2.18. The van der Waals surface area contributed by atoms with Crippen molar-refractivity contribution in [1.29, 1.82) is 0 Å². The van der Waals surface area contributed by atoms with E-state index in [1.807, 2.05) is 16.8 Å². The molecule has 0 unspecified atom stereocenters. The number of nitrogens with zero attached hydrogens (tertiary/aromatic N) is 1. The maximum absolute atomic E-state index is 11.6. The molecule has 2 N–H and O–H groups in total. The van der Waals surface area contributed by atoms with Gasteiger partial charge in [-0.2, -0.15) is 11.3 Å². The Bertz CT molecular complexity index is 497. The molecule has 0 atom stereocenters. The Morgan fingerprint density at radius 1 is 1.47 bits per heavy atom. The minimum atomic E-state index is -0.148. The first-order valence-electron chi connectivity index (χ1n) is 5.20. The first-order chi connectivity index (χ1) is 8.25. The number of aryl methyl sites for hydroxylation is 1. The van der Waals surface area contributed by atoms with E-state index < -0.39 is 0 Å². The lowest BCUT2D eigenvalue weighted by molar-refractivity contribution is -0.116. The van der Waals surface area contributed by atoms with Crippen LogP contribution in [0.2, 0.25) is 0 Å². The molecule has 2 heterocycles. The number of nitrogens with one attached hydrogen (secondary N) is 1. The number of hydrogen-bond acceptors (Lipinski definition) is 4. The number of rotatable bonds is 4. The summed E-state index contributed by atoms with van der Waals surface area (Å²) in [6, 6.07) is 5.09. The third kappa shape index (κ3) is 3.29. The second kappa shape index (κ2) is 5.45. The minimum absolute atomic E-state index is 0.0172. The number of aromatic nitrogens is 1. The van der Waals surface area contributed by atoms with Gasteiger partial charge in [0.25, 0.3) is 0 Å². The van der Waals surface area contributed by atoms with E-state index in [0.29, 0.717) is 12.8 Å². The van der Waals surface area contributed by atoms with Gasteiger partial charge in [0.05, 0.1) is 0 Å². The molecule has 2 aromatic heterocycles. The maximum atomic E-state index is 11.6. The van der Waals surface area contributed by atoms with Crippen LogP contribution in [0, 0.1) is 0 Å². The second-order valence-corrected chi connectivity index (χ2v) is 4.33. The number of anilines is 1. The van der Waals surface area contributed by atoms with E-state index in [0.717, 1.165) is 5.56 Å². The molecule has 0 aliphatic heterocycles. The van der Waals surface area contributed by atoms with E-state index in [-0.39, 0.29) is 17.5 Å². The van der Waals surface area contributed by atoms with E-state index in [1.165, 1.54) is 12.3 Å². The average molecular weight is 248 g/mol. The van der Waals surface area contributed by atoms with Crippen molar-refractivity contribution in [1.82, 2.24) is 4.98 Å². The van der Waals surface area contributed by atoms with Crippen molar-refractivity contribution in [3.63, 3.8) is 0 Å². The van der Waals surface area contributed by atoms with E-state index in [1.54, 1.807) is 17.4 Å². The van der Waals surface area contributed by atoms with Crippen LogP contribution in [0.3, 0.4) is 0 Å². The molecule has 5 heteroatoms. The summed E-state index contributed by atoms with van der Waals surface area (Å²) in [6.45, 7) is 0. The van der Waals surface area contributed by atoms with Crippen molar-refractivity contribution in [2.45, 2.75) is 12.8 Å². The Morgan fingerprint density at radius 3 is 3.06 bits per heavy atom. The molecule has 17 heavy (non-hydrogen) atoms. The number of hydrogen-bond donors (Lipinski definition) is 2. The summed E-state index contributed by atoms with van der Waals surface area (Å²) in [5.74, 6) is 0.0457. The largest absolute Gasteiger partial charge is 0.504 e. The van der Waals surface area contributed by atoms with Gasteiger partial charge in [0, 0.05) is 12.6 Å². The zero-order valence-corrected chi connectivity index (χ0v) is 9.91. The molecule has 0 spiro atoms. The van der Waals surface area contributed by atoms with Crippen molar-refractivity contribution < 1.29 is 9.90 Å². The highest BCUT2D eigenvalue weighted by molar-refractivity contribution is 7.07. The van der Waals surface area contributed by atoms with Crippen LogP contribution < -0.4 is 5.32 Å². The van der Waals surface area contributed by atoms with Crippen LogP contribution in [0.25, 0.3) is 0 Å². The fourth-order valence-electron chi connectivity index (χ4n) is 1.38. The third-order valence-corrected chi connectivity index (χ3v) is 3.00. The Labute approximate surface area is 103 Å². The Morgan fingerprint density at radius 2 is 2.35 bits per heavy atom. The number of pyridine rings is 1. The summed E-state index contributed by atoms with van der Waals surface area (Å²) in [7, 11) is 0. The molecule has 0 saturated carbocycles. The van der Waals surface area contributed by atoms with Gasteiger partial charge in [0.1, 0.15) is 0 Å². The van der Waals surface area contributed by atoms with Gasteiger partial charge >= 0.3 is 0 Å². The van der Waals surface area contributed by atoms with E-state index in [4.69, 9.17) is 0 Å². The van der Waals surface area contributed by atoms with Crippen LogP contribution in [0.4, 0.5) is 5.82 Å². The highest BCUT2D eigenvalue weighted by Gasteiger charge is 2.07. The standard InChI is InChI=1S/C12H12N2O2S/c15-10-2-1-6-13-12(10)14-11(16)4-3-9-5-7-17-8-9/h1-2,5-8,15H,3-4H2,(H,13,14,16). The molecule has 0 aliphatic carbocycles. The zero-order valence-electron chi connectivity index (χ0n) is 9.09. The molecule has 4 nitrogen and oxygen atoms in total. The molecule has 0 saturated heterocycles. The molecule has 0 radical (unpaired) electrons. The lowest BCUT2D eigenvalue weighted by Gasteiger charge is -2.05. The van der Waals surface area contributed by atoms with Crippen LogP contribution in [-0.4, -0.2) is 16.0 Å². The van der Waals surface area contributed by atoms with Crippen molar-refractivity contribution in [3.8, 4) is 5.75 Å². The van der Waals surface area contributed by atoms with Gasteiger partial charge in [0.2, 0.25) is 5.91 Å². The molecule has 0 bridgehead atoms. The molecular weight excluding hydrogens is 236 g/mol. The van der Waals surface area contributed by atoms with Gasteiger partial charge in [-0.15, -0.1) is 0 Å². The van der Waals surface area contributed by atoms with E-state index in [2.05, 4.69) is 10.3 Å². The molecule has 0 aliphatic rings. The Hall–Kier alpha value is -1.88. The first-order valence-corrected chi connectivity index (χ1v) is 6.15. The van der Waals surface area contributed by atoms with Gasteiger partial charge in [-0.25, -0.2) is 4.98 Å². The second-order valence-electron chi connectivity index (χ2n) is 3.55. The van der Waals surface area contributed by atoms with Crippen molar-refractivity contribution in [2.24, 2.45) is 0 Å². The van der Waals surface area contributed by atoms with Gasteiger partial charge in [-0.1, -0.05) is 0 Å². The van der Waals surface area contributed by atoms with E-state index in [9.17, 15) is 9.90 Å². The van der Waals surface area contributed by atoms with Gasteiger partial charge < -0.3 is 10.4 Å². The summed E-state index contributed by atoms with van der Waals surface area (Å²) in [6.07, 6.45) is 2.60. The summed E-state index contributed by atoms with van der Waals surface area (Å²) in [4.78, 5) is 15.5. The molecule has 2 rings (SSSR count). The molecule has 88 valence electrons. The van der Waals surface area contributed by atoms with Crippen LogP contribution in [0.5, 0.6) is 5.75 Å². The van der Waals surface area contributed by atoms with Crippen molar-refractivity contribution in [3.05, 3.63) is 40.7 Å². The Balaban J connectivity index is 1.87. The van der Waals surface area contributed by atoms with Crippen LogP contribution in [0.1, 0.15) is 12.0 Å². The Kier molecular flexibility index (Phi) is 3.72. The lowest BCUT2D eigenvalue weighted by Crippen LogP contribution is -2.13. The fourth-order valence-corrected chi connectivity index (χ4v) is 2.08. The molecule has 1 amide bonds. The topological polar surface area (TPSA) is 62.2 Å². The molecule has 0 aromatic carbocycles. The number of amides is 1. The number of aromatic hydroxyl groups is 1. The maximum Gasteiger partial charge on any atom is 0.225 e. The summed E-state index contributed by atoms with van der Waals surface area (Å²) >= 11 is 1.61. The third-order valence-electron chi connectivity index (χ3n) is 2.27. The number of carbonyl (C=O) groups is 1. The van der Waals surface area contributed by atoms with Crippen LogP contribution >= 0.6 is 11.3 Å². The van der Waals surface area contributed by atoms with Crippen LogP contribution in [0.15, 0.2) is 35.2 Å². The predicted molar refractivity (Wildman–Crippen MR) is 67.2 cm³/mol. The van der Waals surface area contributed by atoms with Crippen LogP contribution in [-0.2, 0) is 11.2 Å². The highest BCUT2D eigenvalue weighted by atomic mass is 32.1. The quantitative estimate of drug-likeness (QED) is 0.873. The summed E-state index contributed by atoms with van der Waals surface area (Å²) < 4.78 is 0. The van der Waals surface area contributed by atoms with Gasteiger partial charge in [-0.3, -0.25) is 4.79 Å². The molecular formula is C12H12N2O2S.